The minimum Gasteiger partial charge on any atom is -0.488 e. The quantitative estimate of drug-likeness (QED) is 0.912. The van der Waals surface area contributed by atoms with Gasteiger partial charge in [-0.05, 0) is 24.6 Å². The summed E-state index contributed by atoms with van der Waals surface area (Å²) in [5.74, 6) is 0.313. The SMILES string of the molecule is CC1Oc2cc(C(F)(F)F)ccc2C1NCc1ccccc1. The molecule has 2 aromatic rings. The lowest BCUT2D eigenvalue weighted by molar-refractivity contribution is -0.137. The predicted octanol–water partition coefficient (Wildman–Crippen LogP) is 4.32. The lowest BCUT2D eigenvalue weighted by Gasteiger charge is -2.17. The van der Waals surface area contributed by atoms with Crippen molar-refractivity contribution in [3.05, 3.63) is 65.2 Å². The molecular weight excluding hydrogens is 291 g/mol. The van der Waals surface area contributed by atoms with Gasteiger partial charge in [0.25, 0.3) is 0 Å². The molecule has 2 unspecified atom stereocenters. The second-order valence-corrected chi connectivity index (χ2v) is 5.42. The van der Waals surface area contributed by atoms with Gasteiger partial charge in [-0.3, -0.25) is 0 Å². The van der Waals surface area contributed by atoms with Crippen LogP contribution >= 0.6 is 0 Å². The Bertz CT molecular complexity index is 655. The van der Waals surface area contributed by atoms with E-state index in [9.17, 15) is 13.2 Å². The maximum absolute atomic E-state index is 12.7. The fourth-order valence-corrected chi connectivity index (χ4v) is 2.69. The number of halogens is 3. The molecule has 0 bridgehead atoms. The first kappa shape index (κ1) is 14.9. The van der Waals surface area contributed by atoms with E-state index >= 15 is 0 Å². The van der Waals surface area contributed by atoms with Crippen molar-refractivity contribution in [2.75, 3.05) is 0 Å². The molecule has 0 fully saturated rings. The lowest BCUT2D eigenvalue weighted by atomic mass is 10.0. The second kappa shape index (κ2) is 5.65. The third kappa shape index (κ3) is 2.95. The van der Waals surface area contributed by atoms with Gasteiger partial charge in [0, 0.05) is 12.1 Å². The van der Waals surface area contributed by atoms with Crippen LogP contribution in [0.2, 0.25) is 0 Å². The number of hydrogen-bond donors (Lipinski definition) is 1. The summed E-state index contributed by atoms with van der Waals surface area (Å²) in [7, 11) is 0. The van der Waals surface area contributed by atoms with Gasteiger partial charge in [-0.25, -0.2) is 0 Å². The van der Waals surface area contributed by atoms with E-state index in [1.165, 1.54) is 6.07 Å². The summed E-state index contributed by atoms with van der Waals surface area (Å²) in [6, 6.07) is 13.4. The second-order valence-electron chi connectivity index (χ2n) is 5.42. The van der Waals surface area contributed by atoms with Gasteiger partial charge < -0.3 is 10.1 Å². The molecule has 0 aliphatic carbocycles. The molecule has 2 atom stereocenters. The molecule has 5 heteroatoms. The minimum absolute atomic E-state index is 0.113. The first-order chi connectivity index (χ1) is 10.4. The monoisotopic (exact) mass is 307 g/mol. The number of rotatable bonds is 3. The maximum atomic E-state index is 12.7. The van der Waals surface area contributed by atoms with Gasteiger partial charge in [0.15, 0.2) is 0 Å². The van der Waals surface area contributed by atoms with E-state index in [0.717, 1.165) is 23.3 Å². The third-order valence-corrected chi connectivity index (χ3v) is 3.83. The van der Waals surface area contributed by atoms with Crippen LogP contribution in [0.25, 0.3) is 0 Å². The van der Waals surface area contributed by atoms with Crippen LogP contribution in [-0.4, -0.2) is 6.10 Å². The molecule has 2 nitrogen and oxygen atoms in total. The van der Waals surface area contributed by atoms with E-state index in [2.05, 4.69) is 5.32 Å². The van der Waals surface area contributed by atoms with Crippen LogP contribution in [0.15, 0.2) is 48.5 Å². The van der Waals surface area contributed by atoms with E-state index in [4.69, 9.17) is 4.74 Å². The Morgan fingerprint density at radius 2 is 1.82 bits per heavy atom. The molecule has 3 rings (SSSR count). The van der Waals surface area contributed by atoms with E-state index in [-0.39, 0.29) is 12.1 Å². The lowest BCUT2D eigenvalue weighted by Crippen LogP contribution is -2.28. The summed E-state index contributed by atoms with van der Waals surface area (Å²) >= 11 is 0. The molecule has 0 spiro atoms. The first-order valence-corrected chi connectivity index (χ1v) is 7.10. The van der Waals surface area contributed by atoms with Gasteiger partial charge in [-0.15, -0.1) is 0 Å². The van der Waals surface area contributed by atoms with Gasteiger partial charge in [-0.2, -0.15) is 13.2 Å². The molecule has 1 aliphatic rings. The number of ether oxygens (including phenoxy) is 1. The van der Waals surface area contributed by atoms with Crippen LogP contribution in [0.5, 0.6) is 5.75 Å². The molecule has 0 saturated heterocycles. The van der Waals surface area contributed by atoms with Crippen molar-refractivity contribution in [3.8, 4) is 5.75 Å². The van der Waals surface area contributed by atoms with E-state index in [0.29, 0.717) is 12.3 Å². The fraction of sp³-hybridized carbons (Fsp3) is 0.294. The van der Waals surface area contributed by atoms with Gasteiger partial charge in [0.2, 0.25) is 0 Å². The van der Waals surface area contributed by atoms with Crippen LogP contribution < -0.4 is 10.1 Å². The highest BCUT2D eigenvalue weighted by molar-refractivity contribution is 5.44. The molecule has 1 heterocycles. The van der Waals surface area contributed by atoms with Crippen LogP contribution in [0.1, 0.15) is 29.7 Å². The van der Waals surface area contributed by atoms with Crippen LogP contribution in [0, 0.1) is 0 Å². The van der Waals surface area contributed by atoms with Crippen molar-refractivity contribution in [2.45, 2.75) is 31.8 Å². The number of fused-ring (bicyclic) bond motifs is 1. The van der Waals surface area contributed by atoms with E-state index in [1.807, 2.05) is 37.3 Å². The number of alkyl halides is 3. The molecule has 116 valence electrons. The summed E-state index contributed by atoms with van der Waals surface area (Å²) in [4.78, 5) is 0. The fourth-order valence-electron chi connectivity index (χ4n) is 2.69. The van der Waals surface area contributed by atoms with Gasteiger partial charge >= 0.3 is 6.18 Å². The Morgan fingerprint density at radius 3 is 2.50 bits per heavy atom. The summed E-state index contributed by atoms with van der Waals surface area (Å²) in [6.07, 6.45) is -4.56. The zero-order valence-corrected chi connectivity index (χ0v) is 12.0. The van der Waals surface area contributed by atoms with Crippen molar-refractivity contribution in [2.24, 2.45) is 0 Å². The predicted molar refractivity (Wildman–Crippen MR) is 77.6 cm³/mol. The Balaban J connectivity index is 1.78. The molecule has 0 amide bonds. The molecule has 1 N–H and O–H groups in total. The Kier molecular flexibility index (Phi) is 3.83. The summed E-state index contributed by atoms with van der Waals surface area (Å²) in [6.45, 7) is 2.50. The number of hydrogen-bond acceptors (Lipinski definition) is 2. The highest BCUT2D eigenvalue weighted by Gasteiger charge is 2.36. The minimum atomic E-state index is -4.35. The molecule has 0 aromatic heterocycles. The average molecular weight is 307 g/mol. The molecular formula is C17H16F3NO. The van der Waals surface area contributed by atoms with E-state index in [1.54, 1.807) is 0 Å². The average Bonchev–Trinajstić information content (AvgIpc) is 2.80. The van der Waals surface area contributed by atoms with E-state index < -0.39 is 11.7 Å². The van der Waals surface area contributed by atoms with Gasteiger partial charge in [0.1, 0.15) is 11.9 Å². The van der Waals surface area contributed by atoms with Crippen molar-refractivity contribution < 1.29 is 17.9 Å². The molecule has 22 heavy (non-hydrogen) atoms. The maximum Gasteiger partial charge on any atom is 0.416 e. The van der Waals surface area contributed by atoms with Crippen molar-refractivity contribution in [1.29, 1.82) is 0 Å². The summed E-state index contributed by atoms with van der Waals surface area (Å²) in [5, 5.41) is 3.36. The largest absolute Gasteiger partial charge is 0.488 e. The van der Waals surface area contributed by atoms with Crippen molar-refractivity contribution in [3.63, 3.8) is 0 Å². The zero-order valence-electron chi connectivity index (χ0n) is 12.0. The first-order valence-electron chi connectivity index (χ1n) is 7.10. The van der Waals surface area contributed by atoms with Crippen LogP contribution in [-0.2, 0) is 12.7 Å². The van der Waals surface area contributed by atoms with Crippen molar-refractivity contribution in [1.82, 2.24) is 5.32 Å². The van der Waals surface area contributed by atoms with Crippen molar-refractivity contribution >= 4 is 0 Å². The molecule has 0 saturated carbocycles. The zero-order chi connectivity index (χ0) is 15.7. The van der Waals surface area contributed by atoms with Crippen LogP contribution in [0.4, 0.5) is 13.2 Å². The number of benzene rings is 2. The Hall–Kier alpha value is -2.01. The smallest absolute Gasteiger partial charge is 0.416 e. The molecule has 2 aromatic carbocycles. The van der Waals surface area contributed by atoms with Gasteiger partial charge in [-0.1, -0.05) is 36.4 Å². The Morgan fingerprint density at radius 1 is 1.09 bits per heavy atom. The summed E-state index contributed by atoms with van der Waals surface area (Å²) < 4.78 is 43.8. The molecule has 0 radical (unpaired) electrons. The van der Waals surface area contributed by atoms with Crippen LogP contribution in [0.3, 0.4) is 0 Å². The van der Waals surface area contributed by atoms with Gasteiger partial charge in [0.05, 0.1) is 11.6 Å². The number of nitrogens with one attached hydrogen (secondary N) is 1. The summed E-state index contributed by atoms with van der Waals surface area (Å²) in [5.41, 5.74) is 1.22. The highest BCUT2D eigenvalue weighted by Crippen LogP contribution is 2.40. The third-order valence-electron chi connectivity index (χ3n) is 3.83. The Labute approximate surface area is 126 Å². The standard InChI is InChI=1S/C17H16F3NO/c1-11-16(21-10-12-5-3-2-4-6-12)14-8-7-13(17(18,19)20)9-15(14)22-11/h2-9,11,16,21H,10H2,1H3. The topological polar surface area (TPSA) is 21.3 Å². The molecule has 1 aliphatic heterocycles. The highest BCUT2D eigenvalue weighted by atomic mass is 19.4. The normalized spacial score (nSPS) is 20.5.